The molecule has 6 nitrogen and oxygen atoms in total. The van der Waals surface area contributed by atoms with Crippen LogP contribution in [0.2, 0.25) is 0 Å². The second-order valence-corrected chi connectivity index (χ2v) is 7.47. The number of thioether (sulfide) groups is 1. The minimum absolute atomic E-state index is 0.203. The highest BCUT2D eigenvalue weighted by Gasteiger charge is 2.11. The minimum Gasteiger partial charge on any atom is -0.396 e. The van der Waals surface area contributed by atoms with E-state index in [1.54, 1.807) is 24.2 Å². The number of hydrogen-bond acceptors (Lipinski definition) is 6. The Kier molecular flexibility index (Phi) is 7.75. The number of aromatic nitrogens is 4. The Labute approximate surface area is 168 Å². The van der Waals surface area contributed by atoms with Gasteiger partial charge in [-0.25, -0.2) is 9.97 Å². The molecule has 0 fully saturated rings. The van der Waals surface area contributed by atoms with Crippen LogP contribution in [0.3, 0.4) is 0 Å². The van der Waals surface area contributed by atoms with E-state index in [1.807, 2.05) is 24.4 Å². The van der Waals surface area contributed by atoms with Gasteiger partial charge in [-0.3, -0.25) is 4.79 Å². The number of hydrogen-bond donors (Lipinski definition) is 1. The lowest BCUT2D eigenvalue weighted by molar-refractivity contribution is 0.281. The van der Waals surface area contributed by atoms with Gasteiger partial charge in [0.25, 0.3) is 5.56 Å². The largest absolute Gasteiger partial charge is 0.396 e. The fourth-order valence-corrected chi connectivity index (χ4v) is 3.80. The SMILES string of the molecule is O=c1nc(SCc2ccccc2)n(CCCCCO)cc1Cc1cncnc1. The summed E-state index contributed by atoms with van der Waals surface area (Å²) >= 11 is 1.57. The Morgan fingerprint density at radius 2 is 1.79 bits per heavy atom. The van der Waals surface area contributed by atoms with E-state index in [4.69, 9.17) is 5.11 Å². The van der Waals surface area contributed by atoms with Gasteiger partial charge in [0.15, 0.2) is 5.16 Å². The summed E-state index contributed by atoms with van der Waals surface area (Å²) in [6.07, 6.45) is 9.94. The molecule has 0 bridgehead atoms. The molecule has 1 N–H and O–H groups in total. The average molecular weight is 397 g/mol. The van der Waals surface area contributed by atoms with E-state index in [9.17, 15) is 4.79 Å². The molecule has 0 aliphatic rings. The summed E-state index contributed by atoms with van der Waals surface area (Å²) in [5, 5.41) is 9.72. The topological polar surface area (TPSA) is 80.9 Å². The second kappa shape index (κ2) is 10.7. The zero-order chi connectivity index (χ0) is 19.6. The summed E-state index contributed by atoms with van der Waals surface area (Å²) in [5.74, 6) is 0.760. The normalized spacial score (nSPS) is 10.9. The van der Waals surface area contributed by atoms with Crippen molar-refractivity contribution in [3.8, 4) is 0 Å². The smallest absolute Gasteiger partial charge is 0.277 e. The van der Waals surface area contributed by atoms with Gasteiger partial charge >= 0.3 is 0 Å². The van der Waals surface area contributed by atoms with Gasteiger partial charge in [-0.2, -0.15) is 4.98 Å². The number of nitrogens with zero attached hydrogens (tertiary/aromatic N) is 4. The van der Waals surface area contributed by atoms with Gasteiger partial charge in [0.1, 0.15) is 6.33 Å². The van der Waals surface area contributed by atoms with Gasteiger partial charge in [0, 0.05) is 49.5 Å². The molecule has 0 aliphatic heterocycles. The highest BCUT2D eigenvalue weighted by molar-refractivity contribution is 7.98. The van der Waals surface area contributed by atoms with Crippen molar-refractivity contribution >= 4 is 11.8 Å². The van der Waals surface area contributed by atoms with Crippen LogP contribution >= 0.6 is 11.8 Å². The average Bonchev–Trinajstić information content (AvgIpc) is 2.73. The molecule has 0 radical (unpaired) electrons. The zero-order valence-electron chi connectivity index (χ0n) is 15.7. The summed E-state index contributed by atoms with van der Waals surface area (Å²) in [4.78, 5) is 25.0. The molecule has 0 atom stereocenters. The van der Waals surface area contributed by atoms with Crippen molar-refractivity contribution in [1.29, 1.82) is 0 Å². The number of aliphatic hydroxyl groups is 1. The van der Waals surface area contributed by atoms with E-state index >= 15 is 0 Å². The van der Waals surface area contributed by atoms with Gasteiger partial charge in [0.05, 0.1) is 0 Å². The maximum Gasteiger partial charge on any atom is 0.277 e. The molecule has 2 heterocycles. The first-order valence-electron chi connectivity index (χ1n) is 9.38. The highest BCUT2D eigenvalue weighted by atomic mass is 32.2. The number of rotatable bonds is 10. The first-order chi connectivity index (χ1) is 13.8. The maximum absolute atomic E-state index is 12.6. The van der Waals surface area contributed by atoms with Crippen molar-refractivity contribution in [3.63, 3.8) is 0 Å². The molecule has 0 unspecified atom stereocenters. The van der Waals surface area contributed by atoms with Crippen LogP contribution in [0.5, 0.6) is 0 Å². The summed E-state index contributed by atoms with van der Waals surface area (Å²) in [6.45, 7) is 0.972. The summed E-state index contributed by atoms with van der Waals surface area (Å²) in [7, 11) is 0. The van der Waals surface area contributed by atoms with Crippen molar-refractivity contribution in [2.45, 2.75) is 43.1 Å². The van der Waals surface area contributed by atoms with Crippen molar-refractivity contribution in [3.05, 3.63) is 82.3 Å². The van der Waals surface area contributed by atoms with Gasteiger partial charge in [-0.15, -0.1) is 0 Å². The molecule has 28 heavy (non-hydrogen) atoms. The second-order valence-electron chi connectivity index (χ2n) is 6.53. The fourth-order valence-electron chi connectivity index (χ4n) is 2.85. The van der Waals surface area contributed by atoms with Gasteiger partial charge < -0.3 is 9.67 Å². The van der Waals surface area contributed by atoms with E-state index < -0.39 is 0 Å². The third-order valence-electron chi connectivity index (χ3n) is 4.31. The van der Waals surface area contributed by atoms with Crippen LogP contribution in [-0.4, -0.2) is 31.2 Å². The predicted octanol–water partition coefficient (Wildman–Crippen LogP) is 3.08. The molecule has 0 spiro atoms. The van der Waals surface area contributed by atoms with Gasteiger partial charge in [0.2, 0.25) is 0 Å². The Hall–Kier alpha value is -2.51. The van der Waals surface area contributed by atoms with E-state index in [2.05, 4.69) is 31.7 Å². The van der Waals surface area contributed by atoms with E-state index in [1.165, 1.54) is 11.9 Å². The van der Waals surface area contributed by atoms with E-state index in [0.717, 1.165) is 42.3 Å². The molecule has 3 aromatic rings. The van der Waals surface area contributed by atoms with Gasteiger partial charge in [-0.1, -0.05) is 42.1 Å². The predicted molar refractivity (Wildman–Crippen MR) is 110 cm³/mol. The number of aliphatic hydroxyl groups excluding tert-OH is 1. The Balaban J connectivity index is 1.79. The lowest BCUT2D eigenvalue weighted by atomic mass is 10.1. The van der Waals surface area contributed by atoms with E-state index in [0.29, 0.717) is 12.0 Å². The Bertz CT molecular complexity index is 917. The van der Waals surface area contributed by atoms with Crippen molar-refractivity contribution < 1.29 is 5.11 Å². The first kappa shape index (κ1) is 20.2. The third kappa shape index (κ3) is 6.00. The highest BCUT2D eigenvalue weighted by Crippen LogP contribution is 2.21. The molecule has 2 aromatic heterocycles. The quantitative estimate of drug-likeness (QED) is 0.322. The molecule has 7 heteroatoms. The van der Waals surface area contributed by atoms with Crippen LogP contribution in [0.25, 0.3) is 0 Å². The van der Waals surface area contributed by atoms with Crippen LogP contribution in [0.1, 0.15) is 36.0 Å². The molecule has 0 aliphatic carbocycles. The van der Waals surface area contributed by atoms with Crippen molar-refractivity contribution in [2.24, 2.45) is 0 Å². The van der Waals surface area contributed by atoms with Crippen molar-refractivity contribution in [1.82, 2.24) is 19.5 Å². The number of aryl methyl sites for hydroxylation is 1. The monoisotopic (exact) mass is 396 g/mol. The molecule has 0 saturated carbocycles. The summed E-state index contributed by atoms with van der Waals surface area (Å²) in [6, 6.07) is 10.2. The summed E-state index contributed by atoms with van der Waals surface area (Å²) < 4.78 is 2.06. The first-order valence-corrected chi connectivity index (χ1v) is 10.4. The lowest BCUT2D eigenvalue weighted by Crippen LogP contribution is -2.20. The van der Waals surface area contributed by atoms with E-state index in [-0.39, 0.29) is 12.2 Å². The van der Waals surface area contributed by atoms with Gasteiger partial charge in [-0.05, 0) is 30.4 Å². The molecule has 1 aromatic carbocycles. The fraction of sp³-hybridized carbons (Fsp3) is 0.333. The number of benzene rings is 1. The Morgan fingerprint density at radius 1 is 1.00 bits per heavy atom. The third-order valence-corrected chi connectivity index (χ3v) is 5.37. The molecule has 146 valence electrons. The maximum atomic E-state index is 12.6. The molecular formula is C21H24N4O2S. The zero-order valence-corrected chi connectivity index (χ0v) is 16.5. The number of unbranched alkanes of at least 4 members (excludes halogenated alkanes) is 2. The van der Waals surface area contributed by atoms with Crippen LogP contribution in [0.15, 0.2) is 65.2 Å². The lowest BCUT2D eigenvalue weighted by Gasteiger charge is -2.14. The molecule has 0 saturated heterocycles. The minimum atomic E-state index is -0.203. The standard InChI is InChI=1S/C21H24N4O2S/c26-10-6-2-5-9-25-14-19(11-18-12-22-16-23-13-18)20(27)24-21(25)28-15-17-7-3-1-4-8-17/h1,3-4,7-8,12-14,16,26H,2,5-6,9-11,15H2. The molecular weight excluding hydrogens is 372 g/mol. The molecule has 3 rings (SSSR count). The molecule has 0 amide bonds. The Morgan fingerprint density at radius 3 is 2.54 bits per heavy atom. The van der Waals surface area contributed by atoms with Crippen LogP contribution < -0.4 is 5.56 Å². The summed E-state index contributed by atoms with van der Waals surface area (Å²) in [5.41, 5.74) is 2.52. The van der Waals surface area contributed by atoms with Crippen LogP contribution in [0, 0.1) is 0 Å². The van der Waals surface area contributed by atoms with Crippen LogP contribution in [-0.2, 0) is 18.7 Å². The van der Waals surface area contributed by atoms with Crippen LogP contribution in [0.4, 0.5) is 0 Å². The van der Waals surface area contributed by atoms with Crippen molar-refractivity contribution in [2.75, 3.05) is 6.61 Å².